The molecule has 0 bridgehead atoms. The summed E-state index contributed by atoms with van der Waals surface area (Å²) in [4.78, 5) is 4.99. The molecule has 1 aliphatic heterocycles. The van der Waals surface area contributed by atoms with Gasteiger partial charge >= 0.3 is 0 Å². The number of fused-ring (bicyclic) bond motifs is 1. The van der Waals surface area contributed by atoms with Crippen molar-refractivity contribution in [1.29, 1.82) is 0 Å². The molecular weight excluding hydrogens is 248 g/mol. The molecule has 0 radical (unpaired) electrons. The second-order valence-electron chi connectivity index (χ2n) is 6.59. The Hall–Kier alpha value is -1.06. The van der Waals surface area contributed by atoms with Crippen LogP contribution in [0.3, 0.4) is 0 Å². The van der Waals surface area contributed by atoms with Crippen molar-refractivity contribution < 1.29 is 5.11 Å². The third kappa shape index (κ3) is 2.70. The lowest BCUT2D eigenvalue weighted by molar-refractivity contribution is 0.139. The Balaban J connectivity index is 1.86. The Labute approximate surface area is 122 Å². The number of nitrogens with zero attached hydrogens (tertiary/aromatic N) is 2. The standard InChI is InChI=1S/C17H26N2O/c1-18(2)12-14-6-4-10-19(14)17-7-3-5-13-8-9-15(20)11-16(13)17/h8-9,11,14,17,20H,3-7,10,12H2,1-2H3. The lowest BCUT2D eigenvalue weighted by Gasteiger charge is -2.38. The van der Waals surface area contributed by atoms with Gasteiger partial charge in [-0.3, -0.25) is 4.90 Å². The fourth-order valence-corrected chi connectivity index (χ4v) is 3.99. The van der Waals surface area contributed by atoms with E-state index in [1.807, 2.05) is 12.1 Å². The molecule has 0 amide bonds. The number of hydrogen-bond acceptors (Lipinski definition) is 3. The molecular formula is C17H26N2O. The maximum absolute atomic E-state index is 9.83. The molecule has 3 heteroatoms. The normalized spacial score (nSPS) is 26.9. The largest absolute Gasteiger partial charge is 0.508 e. The lowest BCUT2D eigenvalue weighted by atomic mass is 9.86. The molecule has 2 unspecified atom stereocenters. The number of likely N-dealkylation sites (tertiary alicyclic amines) is 1. The number of phenols is 1. The van der Waals surface area contributed by atoms with Gasteiger partial charge in [0.15, 0.2) is 0 Å². The summed E-state index contributed by atoms with van der Waals surface area (Å²) in [5, 5.41) is 9.83. The SMILES string of the molecule is CN(C)CC1CCCN1C1CCCc2ccc(O)cc21. The minimum Gasteiger partial charge on any atom is -0.508 e. The zero-order chi connectivity index (χ0) is 14.1. The van der Waals surface area contributed by atoms with E-state index in [-0.39, 0.29) is 0 Å². The van der Waals surface area contributed by atoms with Crippen molar-refractivity contribution in [3.8, 4) is 5.75 Å². The van der Waals surface area contributed by atoms with Crippen molar-refractivity contribution >= 4 is 0 Å². The molecule has 3 nitrogen and oxygen atoms in total. The highest BCUT2D eigenvalue weighted by Gasteiger charge is 2.34. The molecule has 0 saturated carbocycles. The van der Waals surface area contributed by atoms with E-state index in [4.69, 9.17) is 0 Å². The van der Waals surface area contributed by atoms with Gasteiger partial charge in [-0.25, -0.2) is 0 Å². The number of aryl methyl sites for hydroxylation is 1. The van der Waals surface area contributed by atoms with E-state index in [0.29, 0.717) is 17.8 Å². The maximum atomic E-state index is 9.83. The van der Waals surface area contributed by atoms with Crippen molar-refractivity contribution in [2.24, 2.45) is 0 Å². The highest BCUT2D eigenvalue weighted by Crippen LogP contribution is 2.39. The van der Waals surface area contributed by atoms with Crippen LogP contribution in [-0.2, 0) is 6.42 Å². The monoisotopic (exact) mass is 274 g/mol. The summed E-state index contributed by atoms with van der Waals surface area (Å²) in [6, 6.07) is 7.14. The minimum atomic E-state index is 0.416. The summed E-state index contributed by atoms with van der Waals surface area (Å²) < 4.78 is 0. The third-order valence-corrected chi connectivity index (χ3v) is 4.81. The van der Waals surface area contributed by atoms with Crippen LogP contribution in [-0.4, -0.2) is 48.1 Å². The molecule has 110 valence electrons. The molecule has 1 aliphatic carbocycles. The molecule has 1 saturated heterocycles. The van der Waals surface area contributed by atoms with Crippen LogP contribution in [0, 0.1) is 0 Å². The molecule has 1 N–H and O–H groups in total. The van der Waals surface area contributed by atoms with Gasteiger partial charge in [0.2, 0.25) is 0 Å². The van der Waals surface area contributed by atoms with E-state index in [1.54, 1.807) is 0 Å². The van der Waals surface area contributed by atoms with Gasteiger partial charge in [-0.1, -0.05) is 6.07 Å². The summed E-state index contributed by atoms with van der Waals surface area (Å²) in [7, 11) is 4.33. The van der Waals surface area contributed by atoms with Gasteiger partial charge < -0.3 is 10.0 Å². The van der Waals surface area contributed by atoms with Gasteiger partial charge in [0, 0.05) is 18.6 Å². The topological polar surface area (TPSA) is 26.7 Å². The lowest BCUT2D eigenvalue weighted by Crippen LogP contribution is -2.40. The van der Waals surface area contributed by atoms with E-state index in [9.17, 15) is 5.11 Å². The van der Waals surface area contributed by atoms with Gasteiger partial charge in [0.25, 0.3) is 0 Å². The van der Waals surface area contributed by atoms with Crippen molar-refractivity contribution in [2.75, 3.05) is 27.2 Å². The first-order valence-corrected chi connectivity index (χ1v) is 7.87. The molecule has 1 aromatic rings. The van der Waals surface area contributed by atoms with Crippen LogP contribution < -0.4 is 0 Å². The number of aromatic hydroxyl groups is 1. The molecule has 0 spiro atoms. The molecule has 2 aliphatic rings. The average Bonchev–Trinajstić information content (AvgIpc) is 2.85. The molecule has 20 heavy (non-hydrogen) atoms. The molecule has 1 heterocycles. The van der Waals surface area contributed by atoms with Gasteiger partial charge in [-0.05, 0) is 76.0 Å². The fourth-order valence-electron chi connectivity index (χ4n) is 3.99. The highest BCUT2D eigenvalue weighted by atomic mass is 16.3. The summed E-state index contributed by atoms with van der Waals surface area (Å²) in [6.45, 7) is 2.35. The minimum absolute atomic E-state index is 0.416. The zero-order valence-corrected chi connectivity index (χ0v) is 12.7. The maximum Gasteiger partial charge on any atom is 0.115 e. The predicted octanol–water partition coefficient (Wildman–Crippen LogP) is 2.80. The number of hydrogen-bond donors (Lipinski definition) is 1. The quantitative estimate of drug-likeness (QED) is 0.918. The number of phenolic OH excluding ortho intramolecular Hbond substituents is 1. The number of likely N-dealkylation sites (N-methyl/N-ethyl adjacent to an activating group) is 1. The highest BCUT2D eigenvalue weighted by molar-refractivity contribution is 5.38. The molecule has 2 atom stereocenters. The van der Waals surface area contributed by atoms with Crippen molar-refractivity contribution in [3.05, 3.63) is 29.3 Å². The summed E-state index contributed by atoms with van der Waals surface area (Å²) >= 11 is 0. The first-order chi connectivity index (χ1) is 9.65. The van der Waals surface area contributed by atoms with Gasteiger partial charge in [-0.2, -0.15) is 0 Å². The number of benzene rings is 1. The summed E-state index contributed by atoms with van der Waals surface area (Å²) in [5.41, 5.74) is 2.82. The van der Waals surface area contributed by atoms with Crippen LogP contribution in [0.4, 0.5) is 0 Å². The summed E-state index contributed by atoms with van der Waals surface area (Å²) in [5.74, 6) is 0.416. The average molecular weight is 274 g/mol. The van der Waals surface area contributed by atoms with E-state index in [0.717, 1.165) is 13.0 Å². The van der Waals surface area contributed by atoms with E-state index < -0.39 is 0 Å². The van der Waals surface area contributed by atoms with Crippen LogP contribution in [0.25, 0.3) is 0 Å². The van der Waals surface area contributed by atoms with Crippen LogP contribution in [0.2, 0.25) is 0 Å². The van der Waals surface area contributed by atoms with E-state index in [1.165, 1.54) is 43.4 Å². The molecule has 3 rings (SSSR count). The van der Waals surface area contributed by atoms with E-state index >= 15 is 0 Å². The van der Waals surface area contributed by atoms with Crippen molar-refractivity contribution in [1.82, 2.24) is 9.80 Å². The van der Waals surface area contributed by atoms with Crippen LogP contribution in [0.15, 0.2) is 18.2 Å². The van der Waals surface area contributed by atoms with Crippen molar-refractivity contribution in [3.63, 3.8) is 0 Å². The molecule has 1 fully saturated rings. The van der Waals surface area contributed by atoms with Gasteiger partial charge in [0.05, 0.1) is 0 Å². The van der Waals surface area contributed by atoms with Gasteiger partial charge in [-0.15, -0.1) is 0 Å². The van der Waals surface area contributed by atoms with Crippen LogP contribution >= 0.6 is 0 Å². The first kappa shape index (κ1) is 13.9. The smallest absolute Gasteiger partial charge is 0.115 e. The first-order valence-electron chi connectivity index (χ1n) is 7.87. The Kier molecular flexibility index (Phi) is 3.99. The molecule has 0 aromatic heterocycles. The van der Waals surface area contributed by atoms with Crippen LogP contribution in [0.1, 0.15) is 42.9 Å². The van der Waals surface area contributed by atoms with Crippen molar-refractivity contribution in [2.45, 2.75) is 44.2 Å². The fraction of sp³-hybridized carbons (Fsp3) is 0.647. The Bertz CT molecular complexity index is 472. The van der Waals surface area contributed by atoms with E-state index in [2.05, 4.69) is 30.0 Å². The zero-order valence-electron chi connectivity index (χ0n) is 12.7. The molecule has 1 aromatic carbocycles. The number of rotatable bonds is 3. The Morgan fingerprint density at radius 2 is 2.10 bits per heavy atom. The van der Waals surface area contributed by atoms with Crippen LogP contribution in [0.5, 0.6) is 5.75 Å². The second kappa shape index (κ2) is 5.74. The van der Waals surface area contributed by atoms with Gasteiger partial charge in [0.1, 0.15) is 5.75 Å². The third-order valence-electron chi connectivity index (χ3n) is 4.81. The Morgan fingerprint density at radius 3 is 2.90 bits per heavy atom. The second-order valence-corrected chi connectivity index (χ2v) is 6.59. The summed E-state index contributed by atoms with van der Waals surface area (Å²) in [6.07, 6.45) is 6.29. The predicted molar refractivity (Wildman–Crippen MR) is 82.1 cm³/mol. The Morgan fingerprint density at radius 1 is 1.25 bits per heavy atom.